The van der Waals surface area contributed by atoms with Crippen LogP contribution in [0.5, 0.6) is 11.5 Å². The zero-order valence-electron chi connectivity index (χ0n) is 23.0. The Kier molecular flexibility index (Phi) is 9.21. The van der Waals surface area contributed by atoms with Gasteiger partial charge in [0.2, 0.25) is 5.91 Å². The molecule has 1 aromatic rings. The Balaban J connectivity index is 1.68. The van der Waals surface area contributed by atoms with Crippen LogP contribution in [-0.4, -0.2) is 73.8 Å². The van der Waals surface area contributed by atoms with Gasteiger partial charge in [-0.15, -0.1) is 0 Å². The van der Waals surface area contributed by atoms with Gasteiger partial charge in [0.25, 0.3) is 0 Å². The molecule has 0 aromatic heterocycles. The number of aliphatic imine (C=N–C) groups is 1. The number of methoxy groups -OCH3 is 3. The minimum atomic E-state index is -0.622. The first-order chi connectivity index (χ1) is 18.9. The number of thioether (sulfide) groups is 1. The van der Waals surface area contributed by atoms with Crippen LogP contribution in [0.2, 0.25) is 0 Å². The highest BCUT2D eigenvalue weighted by molar-refractivity contribution is 8.16. The number of allylic oxidation sites excluding steroid dienone is 1. The molecule has 0 radical (unpaired) electrons. The van der Waals surface area contributed by atoms with E-state index in [4.69, 9.17) is 23.9 Å². The Morgan fingerprint density at radius 1 is 1.13 bits per heavy atom. The van der Waals surface area contributed by atoms with Crippen molar-refractivity contribution in [2.24, 2.45) is 10.9 Å². The van der Waals surface area contributed by atoms with Gasteiger partial charge in [-0.1, -0.05) is 18.7 Å². The number of fused-ring (bicyclic) bond motifs is 1. The number of amidine groups is 1. The molecule has 3 heterocycles. The minimum absolute atomic E-state index is 0.0897. The number of esters is 2. The second kappa shape index (κ2) is 12.6. The van der Waals surface area contributed by atoms with Crippen molar-refractivity contribution in [3.8, 4) is 11.5 Å². The van der Waals surface area contributed by atoms with Gasteiger partial charge in [0.15, 0.2) is 5.17 Å². The van der Waals surface area contributed by atoms with Gasteiger partial charge in [-0.3, -0.25) is 9.59 Å². The zero-order chi connectivity index (χ0) is 28.1. The van der Waals surface area contributed by atoms with Crippen LogP contribution in [0.4, 0.5) is 0 Å². The van der Waals surface area contributed by atoms with Crippen molar-refractivity contribution in [3.63, 3.8) is 0 Å². The van der Waals surface area contributed by atoms with Gasteiger partial charge < -0.3 is 28.7 Å². The predicted molar refractivity (Wildman–Crippen MR) is 147 cm³/mol. The quantitative estimate of drug-likeness (QED) is 0.416. The van der Waals surface area contributed by atoms with E-state index in [1.54, 1.807) is 32.1 Å². The first-order valence-corrected chi connectivity index (χ1v) is 14.0. The highest BCUT2D eigenvalue weighted by Gasteiger charge is 2.43. The van der Waals surface area contributed by atoms with Gasteiger partial charge in [-0.2, -0.15) is 0 Å². The maximum atomic E-state index is 13.5. The first kappa shape index (κ1) is 28.5. The summed E-state index contributed by atoms with van der Waals surface area (Å²) in [5, 5.41) is 2.58. The average molecular weight is 558 g/mol. The van der Waals surface area contributed by atoms with E-state index in [-0.39, 0.29) is 24.2 Å². The lowest BCUT2D eigenvalue weighted by Crippen LogP contribution is -2.44. The fourth-order valence-corrected chi connectivity index (χ4v) is 6.11. The second-order valence-electron chi connectivity index (χ2n) is 9.32. The van der Waals surface area contributed by atoms with Gasteiger partial charge in [-0.25, -0.2) is 9.79 Å². The molecule has 11 heteroatoms. The monoisotopic (exact) mass is 557 g/mol. The topological polar surface area (TPSA) is 107 Å². The van der Waals surface area contributed by atoms with E-state index in [2.05, 4.69) is 0 Å². The third-order valence-electron chi connectivity index (χ3n) is 7.09. The lowest BCUT2D eigenvalue weighted by molar-refractivity contribution is -0.151. The number of nitrogens with zero attached hydrogens (tertiary/aromatic N) is 3. The summed E-state index contributed by atoms with van der Waals surface area (Å²) in [6.45, 7) is 4.95. The van der Waals surface area contributed by atoms with Crippen LogP contribution in [-0.2, 0) is 23.9 Å². The molecular formula is C28H35N3O7S. The van der Waals surface area contributed by atoms with Crippen molar-refractivity contribution < 1.29 is 33.3 Å². The summed E-state index contributed by atoms with van der Waals surface area (Å²) >= 11 is 1.41. The molecule has 1 saturated heterocycles. The number of carbonyl (C=O) groups excluding carboxylic acids is 3. The number of hydrogen-bond donors (Lipinski definition) is 0. The van der Waals surface area contributed by atoms with E-state index in [1.807, 2.05) is 29.4 Å². The van der Waals surface area contributed by atoms with E-state index in [0.29, 0.717) is 66.2 Å². The van der Waals surface area contributed by atoms with Gasteiger partial charge in [-0.05, 0) is 43.7 Å². The Bertz CT molecular complexity index is 1230. The number of ether oxygens (including phenoxy) is 4. The number of carbonyl (C=O) groups is 3. The third kappa shape index (κ3) is 5.78. The molecule has 0 bridgehead atoms. The van der Waals surface area contributed by atoms with E-state index in [1.165, 1.54) is 18.9 Å². The summed E-state index contributed by atoms with van der Waals surface area (Å²) in [5.74, 6) is -0.0199. The summed E-state index contributed by atoms with van der Waals surface area (Å²) in [5.41, 5.74) is 2.45. The normalized spacial score (nSPS) is 20.6. The molecular weight excluding hydrogens is 522 g/mol. The van der Waals surface area contributed by atoms with Crippen molar-refractivity contribution in [1.82, 2.24) is 9.80 Å². The van der Waals surface area contributed by atoms with Gasteiger partial charge in [0.1, 0.15) is 11.5 Å². The van der Waals surface area contributed by atoms with Crippen LogP contribution in [0.3, 0.4) is 0 Å². The zero-order valence-corrected chi connectivity index (χ0v) is 23.8. The Morgan fingerprint density at radius 3 is 2.59 bits per heavy atom. The predicted octanol–water partition coefficient (Wildman–Crippen LogP) is 4.03. The van der Waals surface area contributed by atoms with E-state index in [0.717, 1.165) is 12.0 Å². The molecule has 1 aromatic carbocycles. The standard InChI is InChI=1S/C28H35N3O7S/c1-6-21-24(27(34)37-5)25(20-11-10-19(35-3)14-22(20)36-4)31-18(16-39-28(31)29-21)13-23(32)30-12-8-9-17(15-30)26(33)38-7-2/h10-11,14,16-17,25H,6-9,12-13,15H2,1-5H3/t17-,25+/m1/s1. The van der Waals surface area contributed by atoms with Crippen molar-refractivity contribution in [1.29, 1.82) is 0 Å². The highest BCUT2D eigenvalue weighted by Crippen LogP contribution is 2.48. The van der Waals surface area contributed by atoms with Gasteiger partial charge in [0.05, 0.1) is 57.6 Å². The number of piperidine rings is 1. The molecule has 0 spiro atoms. The Labute approximate surface area is 233 Å². The average Bonchev–Trinajstić information content (AvgIpc) is 3.37. The van der Waals surface area contributed by atoms with E-state index < -0.39 is 12.0 Å². The molecule has 210 valence electrons. The van der Waals surface area contributed by atoms with Crippen LogP contribution in [0.25, 0.3) is 0 Å². The first-order valence-electron chi connectivity index (χ1n) is 13.1. The number of rotatable bonds is 9. The number of amides is 1. The summed E-state index contributed by atoms with van der Waals surface area (Å²) in [4.78, 5) is 47.4. The number of benzene rings is 1. The maximum Gasteiger partial charge on any atom is 0.338 e. The van der Waals surface area contributed by atoms with Crippen molar-refractivity contribution in [2.45, 2.75) is 45.6 Å². The fraction of sp³-hybridized carbons (Fsp3) is 0.500. The highest BCUT2D eigenvalue weighted by atomic mass is 32.2. The van der Waals surface area contributed by atoms with Crippen LogP contribution >= 0.6 is 11.8 Å². The summed E-state index contributed by atoms with van der Waals surface area (Å²) in [7, 11) is 4.48. The van der Waals surface area contributed by atoms with Crippen molar-refractivity contribution in [3.05, 3.63) is 46.1 Å². The molecule has 3 aliphatic rings. The van der Waals surface area contributed by atoms with E-state index in [9.17, 15) is 14.4 Å². The number of hydrogen-bond acceptors (Lipinski definition) is 10. The molecule has 0 unspecified atom stereocenters. The molecule has 1 amide bonds. The van der Waals surface area contributed by atoms with E-state index >= 15 is 0 Å². The summed E-state index contributed by atoms with van der Waals surface area (Å²) in [6.07, 6.45) is 2.05. The van der Waals surface area contributed by atoms with Crippen LogP contribution in [0.1, 0.15) is 51.1 Å². The smallest absolute Gasteiger partial charge is 0.338 e. The molecule has 4 rings (SSSR count). The lowest BCUT2D eigenvalue weighted by atomic mass is 9.92. The molecule has 0 N–H and O–H groups in total. The minimum Gasteiger partial charge on any atom is -0.497 e. The SMILES string of the molecule is CCOC(=O)[C@@H]1CCCN(C(=O)CC2=CSC3=NC(CC)=C(C(=O)OC)[C@H](c4ccc(OC)cc4OC)N23)C1. The second-order valence-corrected chi connectivity index (χ2v) is 10.2. The molecule has 10 nitrogen and oxygen atoms in total. The maximum absolute atomic E-state index is 13.5. The fourth-order valence-electron chi connectivity index (χ4n) is 5.17. The largest absolute Gasteiger partial charge is 0.497 e. The molecule has 39 heavy (non-hydrogen) atoms. The van der Waals surface area contributed by atoms with Gasteiger partial charge in [0, 0.05) is 30.4 Å². The Morgan fingerprint density at radius 2 is 1.92 bits per heavy atom. The molecule has 3 aliphatic heterocycles. The molecule has 2 atom stereocenters. The van der Waals surface area contributed by atoms with Crippen LogP contribution in [0, 0.1) is 5.92 Å². The molecule has 1 fully saturated rings. The molecule has 0 saturated carbocycles. The van der Waals surface area contributed by atoms with Crippen molar-refractivity contribution >= 4 is 34.8 Å². The number of likely N-dealkylation sites (tertiary alicyclic amines) is 1. The van der Waals surface area contributed by atoms with Crippen molar-refractivity contribution in [2.75, 3.05) is 41.0 Å². The Hall–Kier alpha value is -3.47. The van der Waals surface area contributed by atoms with Crippen LogP contribution < -0.4 is 9.47 Å². The van der Waals surface area contributed by atoms with Crippen LogP contribution in [0.15, 0.2) is 45.6 Å². The lowest BCUT2D eigenvalue weighted by Gasteiger charge is -2.38. The summed E-state index contributed by atoms with van der Waals surface area (Å²) < 4.78 is 21.5. The van der Waals surface area contributed by atoms with Gasteiger partial charge >= 0.3 is 11.9 Å². The third-order valence-corrected chi connectivity index (χ3v) is 7.98. The molecule has 0 aliphatic carbocycles. The summed E-state index contributed by atoms with van der Waals surface area (Å²) in [6, 6.07) is 4.81.